The van der Waals surface area contributed by atoms with Crippen LogP contribution < -0.4 is 4.74 Å². The van der Waals surface area contributed by atoms with E-state index >= 15 is 0 Å². The molecular weight excluding hydrogens is 272 g/mol. The molecule has 0 aromatic heterocycles. The van der Waals surface area contributed by atoms with Crippen molar-refractivity contribution in [3.8, 4) is 11.5 Å². The first kappa shape index (κ1) is 11.7. The number of phenolic OH excluding ortho intramolecular Hbond substituents is 1. The smallest absolute Gasteiger partial charge is 0.161 e. The van der Waals surface area contributed by atoms with Gasteiger partial charge in [-0.2, -0.15) is 0 Å². The number of hydrogen-bond acceptors (Lipinski definition) is 3. The van der Waals surface area contributed by atoms with Gasteiger partial charge < -0.3 is 14.9 Å². The van der Waals surface area contributed by atoms with Gasteiger partial charge in [-0.1, -0.05) is 22.4 Å². The van der Waals surface area contributed by atoms with Gasteiger partial charge in [-0.3, -0.25) is 0 Å². The number of hydrogen-bond donors (Lipinski definition) is 2. The van der Waals surface area contributed by atoms with Crippen molar-refractivity contribution >= 4 is 15.9 Å². The van der Waals surface area contributed by atoms with Crippen LogP contribution in [-0.4, -0.2) is 23.9 Å². The number of aromatic hydroxyl groups is 1. The Kier molecular flexibility index (Phi) is 3.13. The lowest BCUT2D eigenvalue weighted by molar-refractivity contribution is 0.117. The SMILES string of the molecule is COc1cc(Br)cc(C2(CO)CCC2)c1O. The van der Waals surface area contributed by atoms with Crippen LogP contribution in [0.25, 0.3) is 0 Å². The van der Waals surface area contributed by atoms with Crippen LogP contribution in [0.5, 0.6) is 11.5 Å². The zero-order valence-corrected chi connectivity index (χ0v) is 10.7. The summed E-state index contributed by atoms with van der Waals surface area (Å²) in [6.07, 6.45) is 2.92. The highest BCUT2D eigenvalue weighted by molar-refractivity contribution is 9.10. The molecule has 0 atom stereocenters. The molecule has 1 fully saturated rings. The summed E-state index contributed by atoms with van der Waals surface area (Å²) in [4.78, 5) is 0. The molecular formula is C12H15BrO3. The zero-order valence-electron chi connectivity index (χ0n) is 9.16. The van der Waals surface area contributed by atoms with Gasteiger partial charge in [0.2, 0.25) is 0 Å². The Labute approximate surface area is 103 Å². The molecule has 1 aromatic rings. The molecule has 0 unspecified atom stereocenters. The second kappa shape index (κ2) is 4.26. The van der Waals surface area contributed by atoms with Crippen LogP contribution in [0.3, 0.4) is 0 Å². The molecule has 0 amide bonds. The zero-order chi connectivity index (χ0) is 11.8. The number of phenols is 1. The maximum Gasteiger partial charge on any atom is 0.161 e. The Morgan fingerprint density at radius 3 is 2.56 bits per heavy atom. The monoisotopic (exact) mass is 286 g/mol. The topological polar surface area (TPSA) is 49.7 Å². The number of benzene rings is 1. The lowest BCUT2D eigenvalue weighted by Gasteiger charge is -2.41. The number of aliphatic hydroxyl groups is 1. The van der Waals surface area contributed by atoms with Crippen molar-refractivity contribution in [2.75, 3.05) is 13.7 Å². The number of methoxy groups -OCH3 is 1. The fraction of sp³-hybridized carbons (Fsp3) is 0.500. The molecule has 2 N–H and O–H groups in total. The van der Waals surface area contributed by atoms with Crippen LogP contribution in [0.15, 0.2) is 16.6 Å². The summed E-state index contributed by atoms with van der Waals surface area (Å²) in [7, 11) is 1.53. The molecule has 0 heterocycles. The molecule has 16 heavy (non-hydrogen) atoms. The van der Waals surface area contributed by atoms with E-state index in [2.05, 4.69) is 15.9 Å². The van der Waals surface area contributed by atoms with Crippen molar-refractivity contribution < 1.29 is 14.9 Å². The Balaban J connectivity index is 2.51. The number of halogens is 1. The fourth-order valence-electron chi connectivity index (χ4n) is 2.25. The summed E-state index contributed by atoms with van der Waals surface area (Å²) < 4.78 is 5.97. The third-order valence-electron chi connectivity index (χ3n) is 3.44. The third-order valence-corrected chi connectivity index (χ3v) is 3.90. The van der Waals surface area contributed by atoms with Gasteiger partial charge in [0.25, 0.3) is 0 Å². The summed E-state index contributed by atoms with van der Waals surface area (Å²) in [5, 5.41) is 19.6. The number of aliphatic hydroxyl groups excluding tert-OH is 1. The lowest BCUT2D eigenvalue weighted by atomic mass is 9.65. The van der Waals surface area contributed by atoms with Crippen molar-refractivity contribution in [2.45, 2.75) is 24.7 Å². The van der Waals surface area contributed by atoms with E-state index in [1.165, 1.54) is 7.11 Å². The summed E-state index contributed by atoms with van der Waals surface area (Å²) in [6, 6.07) is 3.59. The first-order valence-corrected chi connectivity index (χ1v) is 6.10. The van der Waals surface area contributed by atoms with Crippen molar-refractivity contribution in [2.24, 2.45) is 0 Å². The van der Waals surface area contributed by atoms with E-state index < -0.39 is 0 Å². The van der Waals surface area contributed by atoms with Gasteiger partial charge in [0, 0.05) is 15.5 Å². The van der Waals surface area contributed by atoms with Gasteiger partial charge in [0.05, 0.1) is 13.7 Å². The lowest BCUT2D eigenvalue weighted by Crippen LogP contribution is -2.38. The minimum absolute atomic E-state index is 0.0696. The average Bonchev–Trinajstić information content (AvgIpc) is 2.21. The Hall–Kier alpha value is -0.740. The normalized spacial score (nSPS) is 17.9. The molecule has 0 bridgehead atoms. The summed E-state index contributed by atoms with van der Waals surface area (Å²) in [6.45, 7) is 0.0696. The van der Waals surface area contributed by atoms with E-state index in [9.17, 15) is 10.2 Å². The first-order valence-electron chi connectivity index (χ1n) is 5.31. The molecule has 1 saturated carbocycles. The summed E-state index contributed by atoms with van der Waals surface area (Å²) in [5.74, 6) is 0.601. The molecule has 88 valence electrons. The summed E-state index contributed by atoms with van der Waals surface area (Å²) in [5.41, 5.74) is 0.508. The molecule has 1 aliphatic carbocycles. The van der Waals surface area contributed by atoms with Crippen molar-refractivity contribution in [3.63, 3.8) is 0 Å². The van der Waals surface area contributed by atoms with Crippen molar-refractivity contribution in [1.82, 2.24) is 0 Å². The Morgan fingerprint density at radius 1 is 1.44 bits per heavy atom. The van der Waals surface area contributed by atoms with E-state index in [0.29, 0.717) is 5.75 Å². The van der Waals surface area contributed by atoms with Crippen LogP contribution in [0, 0.1) is 0 Å². The third kappa shape index (κ3) is 1.70. The van der Waals surface area contributed by atoms with Gasteiger partial charge in [-0.05, 0) is 25.0 Å². The molecule has 0 spiro atoms. The molecule has 4 heteroatoms. The van der Waals surface area contributed by atoms with Crippen molar-refractivity contribution in [1.29, 1.82) is 0 Å². The Bertz CT molecular complexity index is 394. The molecule has 0 saturated heterocycles. The van der Waals surface area contributed by atoms with Crippen LogP contribution in [0.1, 0.15) is 24.8 Å². The highest BCUT2D eigenvalue weighted by Crippen LogP contribution is 2.49. The predicted octanol–water partition coefficient (Wildman–Crippen LogP) is 2.58. The largest absolute Gasteiger partial charge is 0.504 e. The van der Waals surface area contributed by atoms with Crippen LogP contribution in [-0.2, 0) is 5.41 Å². The van der Waals surface area contributed by atoms with Crippen molar-refractivity contribution in [3.05, 3.63) is 22.2 Å². The van der Waals surface area contributed by atoms with Crippen LogP contribution in [0.2, 0.25) is 0 Å². The van der Waals surface area contributed by atoms with E-state index in [0.717, 1.165) is 29.3 Å². The number of rotatable bonds is 3. The second-order valence-corrected chi connectivity index (χ2v) is 5.21. The second-order valence-electron chi connectivity index (χ2n) is 4.30. The van der Waals surface area contributed by atoms with E-state index in [1.54, 1.807) is 6.07 Å². The molecule has 3 nitrogen and oxygen atoms in total. The van der Waals surface area contributed by atoms with Gasteiger partial charge in [0.15, 0.2) is 11.5 Å². The molecule has 1 aliphatic rings. The predicted molar refractivity (Wildman–Crippen MR) is 65.0 cm³/mol. The first-order chi connectivity index (χ1) is 7.63. The number of ether oxygens (including phenoxy) is 1. The van der Waals surface area contributed by atoms with Crippen LogP contribution >= 0.6 is 15.9 Å². The molecule has 2 rings (SSSR count). The fourth-order valence-corrected chi connectivity index (χ4v) is 2.69. The minimum atomic E-state index is -0.277. The minimum Gasteiger partial charge on any atom is -0.504 e. The molecule has 1 aromatic carbocycles. The van der Waals surface area contributed by atoms with Gasteiger partial charge in [-0.15, -0.1) is 0 Å². The van der Waals surface area contributed by atoms with E-state index in [1.807, 2.05) is 6.07 Å². The molecule has 0 aliphatic heterocycles. The highest BCUT2D eigenvalue weighted by Gasteiger charge is 2.40. The summed E-state index contributed by atoms with van der Waals surface area (Å²) >= 11 is 3.39. The van der Waals surface area contributed by atoms with E-state index in [4.69, 9.17) is 4.74 Å². The maximum absolute atomic E-state index is 10.1. The maximum atomic E-state index is 10.1. The van der Waals surface area contributed by atoms with Gasteiger partial charge in [-0.25, -0.2) is 0 Å². The van der Waals surface area contributed by atoms with Crippen LogP contribution in [0.4, 0.5) is 0 Å². The van der Waals surface area contributed by atoms with E-state index in [-0.39, 0.29) is 17.8 Å². The average molecular weight is 287 g/mol. The Morgan fingerprint density at radius 2 is 2.12 bits per heavy atom. The quantitative estimate of drug-likeness (QED) is 0.898. The van der Waals surface area contributed by atoms with Gasteiger partial charge >= 0.3 is 0 Å². The standard InChI is InChI=1S/C12H15BrO3/c1-16-10-6-8(13)5-9(11(10)15)12(7-14)3-2-4-12/h5-6,14-15H,2-4,7H2,1H3. The van der Waals surface area contributed by atoms with Gasteiger partial charge in [0.1, 0.15) is 0 Å². The molecule has 0 radical (unpaired) electrons. The highest BCUT2D eigenvalue weighted by atomic mass is 79.9.